The molecule has 1 aliphatic heterocycles. The number of hydrogen-bond acceptors (Lipinski definition) is 5. The highest BCUT2D eigenvalue weighted by molar-refractivity contribution is 5.65. The zero-order valence-electron chi connectivity index (χ0n) is 16.9. The highest BCUT2D eigenvalue weighted by Gasteiger charge is 2.27. The fourth-order valence-corrected chi connectivity index (χ4v) is 4.51. The van der Waals surface area contributed by atoms with Crippen molar-refractivity contribution >= 4 is 5.95 Å². The number of nitrogens with zero attached hydrogens (tertiary/aromatic N) is 5. The number of aromatic nitrogens is 5. The molecule has 7 nitrogen and oxygen atoms in total. The average Bonchev–Trinajstić information content (AvgIpc) is 3.51. The summed E-state index contributed by atoms with van der Waals surface area (Å²) in [6, 6.07) is 12.2. The maximum absolute atomic E-state index is 6.30. The van der Waals surface area contributed by atoms with E-state index in [1.165, 1.54) is 25.7 Å². The van der Waals surface area contributed by atoms with Crippen LogP contribution in [0.25, 0.3) is 22.8 Å². The van der Waals surface area contributed by atoms with E-state index in [0.29, 0.717) is 12.2 Å². The molecule has 1 aliphatic carbocycles. The monoisotopic (exact) mass is 392 g/mol. The van der Waals surface area contributed by atoms with Crippen LogP contribution in [0.4, 0.5) is 5.95 Å². The summed E-state index contributed by atoms with van der Waals surface area (Å²) >= 11 is 0. The number of H-pyrrole nitrogens is 1. The zero-order valence-corrected chi connectivity index (χ0v) is 16.9. The van der Waals surface area contributed by atoms with Crippen LogP contribution in [-0.4, -0.2) is 50.3 Å². The molecule has 7 heteroatoms. The van der Waals surface area contributed by atoms with Gasteiger partial charge in [-0.2, -0.15) is 5.10 Å². The number of anilines is 1. The van der Waals surface area contributed by atoms with Crippen molar-refractivity contribution < 1.29 is 4.74 Å². The predicted molar refractivity (Wildman–Crippen MR) is 113 cm³/mol. The van der Waals surface area contributed by atoms with Crippen molar-refractivity contribution in [3.63, 3.8) is 0 Å². The van der Waals surface area contributed by atoms with Gasteiger partial charge in [0.05, 0.1) is 17.9 Å². The molecule has 2 aromatic heterocycles. The molecule has 1 saturated carbocycles. The summed E-state index contributed by atoms with van der Waals surface area (Å²) in [7, 11) is 2.02. The zero-order chi connectivity index (χ0) is 19.6. The van der Waals surface area contributed by atoms with Gasteiger partial charge in [-0.25, -0.2) is 0 Å². The van der Waals surface area contributed by atoms with Crippen LogP contribution < -0.4 is 4.90 Å². The number of benzene rings is 1. The first-order valence-electron chi connectivity index (χ1n) is 10.7. The van der Waals surface area contributed by atoms with Gasteiger partial charge in [-0.15, -0.1) is 10.2 Å². The van der Waals surface area contributed by atoms with Crippen LogP contribution in [0.5, 0.6) is 0 Å². The van der Waals surface area contributed by atoms with Gasteiger partial charge in [-0.3, -0.25) is 9.67 Å². The normalized spacial score (nSPS) is 18.6. The molecule has 152 valence electrons. The van der Waals surface area contributed by atoms with Crippen LogP contribution >= 0.6 is 0 Å². The molecule has 0 amide bonds. The lowest BCUT2D eigenvalue weighted by atomic mass is 10.1. The van der Waals surface area contributed by atoms with Crippen molar-refractivity contribution in [2.45, 2.75) is 50.7 Å². The Morgan fingerprint density at radius 1 is 0.966 bits per heavy atom. The van der Waals surface area contributed by atoms with Gasteiger partial charge in [0.25, 0.3) is 0 Å². The molecule has 1 saturated heterocycles. The minimum atomic E-state index is 0.392. The summed E-state index contributed by atoms with van der Waals surface area (Å²) < 4.78 is 8.36. The third kappa shape index (κ3) is 3.79. The Hall–Kier alpha value is -2.67. The number of hydrogen-bond donors (Lipinski definition) is 1. The predicted octanol–water partition coefficient (Wildman–Crippen LogP) is 3.80. The molecule has 5 rings (SSSR count). The topological polar surface area (TPSA) is 71.9 Å². The standard InChI is InChI=1S/C22H28N6O/c1-27-21(20-15-19(23-24-20)16-7-3-2-4-8-16)25-26-22(27)28-13-11-18(12-14-28)29-17-9-5-6-10-17/h2-4,7-8,15,17-18H,5-6,9-14H2,1H3,(H,23,24). The highest BCUT2D eigenvalue weighted by Crippen LogP contribution is 2.28. The Kier molecular flexibility index (Phi) is 5.06. The van der Waals surface area contributed by atoms with Crippen LogP contribution in [-0.2, 0) is 11.8 Å². The summed E-state index contributed by atoms with van der Waals surface area (Å²) in [6.07, 6.45) is 8.12. The van der Waals surface area contributed by atoms with Gasteiger partial charge in [-0.1, -0.05) is 43.2 Å². The highest BCUT2D eigenvalue weighted by atomic mass is 16.5. The van der Waals surface area contributed by atoms with Gasteiger partial charge in [0.15, 0.2) is 5.82 Å². The first-order valence-corrected chi connectivity index (χ1v) is 10.7. The van der Waals surface area contributed by atoms with E-state index in [9.17, 15) is 0 Å². The van der Waals surface area contributed by atoms with E-state index in [2.05, 4.69) is 42.0 Å². The van der Waals surface area contributed by atoms with Crippen LogP contribution in [0.3, 0.4) is 0 Å². The van der Waals surface area contributed by atoms with Gasteiger partial charge in [-0.05, 0) is 31.7 Å². The number of ether oxygens (including phenoxy) is 1. The van der Waals surface area contributed by atoms with E-state index in [4.69, 9.17) is 4.74 Å². The van der Waals surface area contributed by atoms with Gasteiger partial charge in [0.1, 0.15) is 5.69 Å². The second-order valence-corrected chi connectivity index (χ2v) is 8.14. The molecule has 1 N–H and O–H groups in total. The van der Waals surface area contributed by atoms with Crippen LogP contribution in [0.15, 0.2) is 36.4 Å². The van der Waals surface area contributed by atoms with Crippen LogP contribution in [0.2, 0.25) is 0 Å². The van der Waals surface area contributed by atoms with Crippen molar-refractivity contribution in [2.24, 2.45) is 7.05 Å². The number of aromatic amines is 1. The first kappa shape index (κ1) is 18.4. The Labute approximate surface area is 171 Å². The van der Waals surface area contributed by atoms with E-state index in [1.807, 2.05) is 31.3 Å². The maximum atomic E-state index is 6.30. The molecule has 29 heavy (non-hydrogen) atoms. The Bertz CT molecular complexity index is 935. The number of nitrogens with one attached hydrogen (secondary N) is 1. The molecule has 3 heterocycles. The molecular weight excluding hydrogens is 364 g/mol. The molecule has 0 unspecified atom stereocenters. The van der Waals surface area contributed by atoms with Crippen molar-refractivity contribution in [1.82, 2.24) is 25.0 Å². The number of piperidine rings is 1. The molecule has 0 radical (unpaired) electrons. The number of rotatable bonds is 5. The largest absolute Gasteiger partial charge is 0.375 e. The first-order chi connectivity index (χ1) is 14.3. The fraction of sp³-hybridized carbons (Fsp3) is 0.500. The van der Waals surface area contributed by atoms with E-state index in [0.717, 1.165) is 54.7 Å². The quantitative estimate of drug-likeness (QED) is 0.715. The minimum absolute atomic E-state index is 0.392. The summed E-state index contributed by atoms with van der Waals surface area (Å²) in [4.78, 5) is 2.32. The lowest BCUT2D eigenvalue weighted by Gasteiger charge is -2.33. The van der Waals surface area contributed by atoms with Crippen LogP contribution in [0, 0.1) is 0 Å². The van der Waals surface area contributed by atoms with Crippen molar-refractivity contribution in [2.75, 3.05) is 18.0 Å². The third-order valence-electron chi connectivity index (χ3n) is 6.15. The smallest absolute Gasteiger partial charge is 0.227 e. The fourth-order valence-electron chi connectivity index (χ4n) is 4.51. The van der Waals surface area contributed by atoms with E-state index in [-0.39, 0.29) is 0 Å². The van der Waals surface area contributed by atoms with E-state index < -0.39 is 0 Å². The minimum Gasteiger partial charge on any atom is -0.375 e. The second kappa shape index (κ2) is 7.99. The van der Waals surface area contributed by atoms with Crippen molar-refractivity contribution in [1.29, 1.82) is 0 Å². The summed E-state index contributed by atoms with van der Waals surface area (Å²) in [6.45, 7) is 1.92. The van der Waals surface area contributed by atoms with E-state index >= 15 is 0 Å². The Balaban J connectivity index is 1.26. The maximum Gasteiger partial charge on any atom is 0.227 e. The van der Waals surface area contributed by atoms with Gasteiger partial charge in [0, 0.05) is 25.7 Å². The Morgan fingerprint density at radius 3 is 2.45 bits per heavy atom. The molecule has 0 spiro atoms. The summed E-state index contributed by atoms with van der Waals surface area (Å²) in [5, 5.41) is 16.5. The Morgan fingerprint density at radius 2 is 1.69 bits per heavy atom. The molecule has 2 fully saturated rings. The van der Waals surface area contributed by atoms with Gasteiger partial charge < -0.3 is 9.64 Å². The summed E-state index contributed by atoms with van der Waals surface area (Å²) in [5.74, 6) is 1.72. The third-order valence-corrected chi connectivity index (χ3v) is 6.15. The molecule has 2 aliphatic rings. The van der Waals surface area contributed by atoms with Crippen molar-refractivity contribution in [3.05, 3.63) is 36.4 Å². The molecule has 0 atom stereocenters. The summed E-state index contributed by atoms with van der Waals surface area (Å²) in [5.41, 5.74) is 2.88. The van der Waals surface area contributed by atoms with Crippen LogP contribution in [0.1, 0.15) is 38.5 Å². The molecule has 1 aromatic carbocycles. The van der Waals surface area contributed by atoms with Crippen molar-refractivity contribution in [3.8, 4) is 22.8 Å². The lowest BCUT2D eigenvalue weighted by Crippen LogP contribution is -2.39. The average molecular weight is 393 g/mol. The lowest BCUT2D eigenvalue weighted by molar-refractivity contribution is -0.0196. The molecule has 0 bridgehead atoms. The van der Waals surface area contributed by atoms with Gasteiger partial charge >= 0.3 is 0 Å². The molecular formula is C22H28N6O. The SMILES string of the molecule is Cn1c(-c2cc(-c3ccccc3)n[nH]2)nnc1N1CCC(OC2CCCC2)CC1. The second-order valence-electron chi connectivity index (χ2n) is 8.14. The van der Waals surface area contributed by atoms with E-state index in [1.54, 1.807) is 0 Å². The van der Waals surface area contributed by atoms with Gasteiger partial charge in [0.2, 0.25) is 5.95 Å². The molecule has 3 aromatic rings.